The smallest absolute Gasteiger partial charge is 0.213 e. The fourth-order valence-corrected chi connectivity index (χ4v) is 5.06. The van der Waals surface area contributed by atoms with Crippen LogP contribution in [0.5, 0.6) is 0 Å². The third kappa shape index (κ3) is 3.78. The number of anilines is 1. The van der Waals surface area contributed by atoms with Gasteiger partial charge in [-0.15, -0.1) is 11.3 Å². The molecular weight excluding hydrogens is 384 g/mol. The molecule has 0 atom stereocenters. The van der Waals surface area contributed by atoms with Gasteiger partial charge in [0, 0.05) is 23.8 Å². The third-order valence-corrected chi connectivity index (χ3v) is 7.13. The maximum Gasteiger partial charge on any atom is 0.213 e. The van der Waals surface area contributed by atoms with E-state index in [1.807, 2.05) is 0 Å². The van der Waals surface area contributed by atoms with Crippen molar-refractivity contribution >= 4 is 37.4 Å². The number of aryl methyl sites for hydroxylation is 2. The second-order valence-electron chi connectivity index (χ2n) is 6.33. The van der Waals surface area contributed by atoms with Gasteiger partial charge in [-0.3, -0.25) is 4.98 Å². The van der Waals surface area contributed by atoms with E-state index in [0.29, 0.717) is 17.3 Å². The number of nitrogens with zero attached hydrogens (tertiary/aromatic N) is 4. The molecule has 0 fully saturated rings. The number of nitrogens with one attached hydrogen (secondary N) is 2. The topological polar surface area (TPSA) is 110 Å². The summed E-state index contributed by atoms with van der Waals surface area (Å²) in [4.78, 5) is 20.0. The molecular formula is C17H20N6O2S2. The summed E-state index contributed by atoms with van der Waals surface area (Å²) in [6.45, 7) is 0.264. The number of hydrogen-bond donors (Lipinski definition) is 2. The lowest BCUT2D eigenvalue weighted by Crippen LogP contribution is -2.26. The fourth-order valence-electron chi connectivity index (χ4n) is 3.22. The summed E-state index contributed by atoms with van der Waals surface area (Å²) in [7, 11) is -1.87. The molecule has 0 bridgehead atoms. The van der Waals surface area contributed by atoms with Crippen LogP contribution in [0.3, 0.4) is 0 Å². The van der Waals surface area contributed by atoms with E-state index >= 15 is 0 Å². The van der Waals surface area contributed by atoms with E-state index in [1.54, 1.807) is 29.9 Å². The highest BCUT2D eigenvalue weighted by molar-refractivity contribution is 7.89. The molecule has 1 aliphatic rings. The highest BCUT2D eigenvalue weighted by atomic mass is 32.2. The van der Waals surface area contributed by atoms with Gasteiger partial charge in [0.15, 0.2) is 5.82 Å². The van der Waals surface area contributed by atoms with E-state index in [2.05, 4.69) is 25.0 Å². The lowest BCUT2D eigenvalue weighted by molar-refractivity contribution is 0.588. The molecule has 1 aliphatic carbocycles. The Kier molecular flexibility index (Phi) is 5.02. The van der Waals surface area contributed by atoms with Gasteiger partial charge in [-0.1, -0.05) is 0 Å². The highest BCUT2D eigenvalue weighted by Crippen LogP contribution is 2.39. The van der Waals surface area contributed by atoms with Crippen molar-refractivity contribution in [2.45, 2.75) is 25.7 Å². The summed E-state index contributed by atoms with van der Waals surface area (Å²) in [5.41, 5.74) is 1.89. The van der Waals surface area contributed by atoms with Crippen molar-refractivity contribution < 1.29 is 8.42 Å². The molecule has 8 nitrogen and oxygen atoms in total. The van der Waals surface area contributed by atoms with E-state index in [9.17, 15) is 8.42 Å². The Bertz CT molecular complexity index is 1070. The quantitative estimate of drug-likeness (QED) is 0.646. The molecule has 0 aliphatic heterocycles. The SMILES string of the molecule is CNS(=O)(=O)CCNc1nc(-c2cnccn2)nc2sc3c(c12)CCCC3. The highest BCUT2D eigenvalue weighted by Gasteiger charge is 2.22. The average Bonchev–Trinajstić information content (AvgIpc) is 3.07. The van der Waals surface area contributed by atoms with Gasteiger partial charge in [0.25, 0.3) is 0 Å². The van der Waals surface area contributed by atoms with Gasteiger partial charge in [-0.2, -0.15) is 0 Å². The molecule has 3 aromatic heterocycles. The van der Waals surface area contributed by atoms with E-state index in [1.165, 1.54) is 23.9 Å². The van der Waals surface area contributed by atoms with Crippen LogP contribution in [-0.2, 0) is 22.9 Å². The predicted octanol–water partition coefficient (Wildman–Crippen LogP) is 1.99. The molecule has 3 heterocycles. The first kappa shape index (κ1) is 18.2. The average molecular weight is 405 g/mol. The minimum absolute atomic E-state index is 0.0260. The van der Waals surface area contributed by atoms with E-state index in [-0.39, 0.29) is 12.3 Å². The first-order valence-electron chi connectivity index (χ1n) is 8.81. The molecule has 0 saturated heterocycles. The van der Waals surface area contributed by atoms with E-state index < -0.39 is 10.0 Å². The summed E-state index contributed by atoms with van der Waals surface area (Å²) in [6, 6.07) is 0. The molecule has 0 aromatic carbocycles. The summed E-state index contributed by atoms with van der Waals surface area (Å²) >= 11 is 1.70. The minimum atomic E-state index is -3.28. The molecule has 0 spiro atoms. The van der Waals surface area contributed by atoms with Crippen LogP contribution in [0.2, 0.25) is 0 Å². The van der Waals surface area contributed by atoms with Crippen molar-refractivity contribution in [2.75, 3.05) is 24.7 Å². The Labute approximate surface area is 161 Å². The van der Waals surface area contributed by atoms with Gasteiger partial charge in [-0.05, 0) is 38.3 Å². The van der Waals surface area contributed by atoms with Gasteiger partial charge in [-0.25, -0.2) is 28.1 Å². The summed E-state index contributed by atoms with van der Waals surface area (Å²) in [6.07, 6.45) is 9.25. The number of aromatic nitrogens is 4. The lowest BCUT2D eigenvalue weighted by atomic mass is 9.97. The van der Waals surface area contributed by atoms with Crippen molar-refractivity contribution in [3.8, 4) is 11.5 Å². The number of rotatable bonds is 6. The molecule has 3 aromatic rings. The zero-order valence-electron chi connectivity index (χ0n) is 14.9. The zero-order valence-corrected chi connectivity index (χ0v) is 16.5. The van der Waals surface area contributed by atoms with Crippen LogP contribution in [0, 0.1) is 0 Å². The standard InChI is InChI=1S/C17H20N6O2S2/c1-18-27(24,25)9-8-21-16-14-11-4-2-3-5-13(11)26-17(14)23-15(22-16)12-10-19-6-7-20-12/h6-7,10,18H,2-5,8-9H2,1H3,(H,21,22,23). The van der Waals surface area contributed by atoms with Gasteiger partial charge in [0.1, 0.15) is 16.3 Å². The van der Waals surface area contributed by atoms with Gasteiger partial charge in [0.2, 0.25) is 10.0 Å². The van der Waals surface area contributed by atoms with Crippen molar-refractivity contribution in [1.82, 2.24) is 24.7 Å². The van der Waals surface area contributed by atoms with Crippen LogP contribution in [0.25, 0.3) is 21.7 Å². The molecule has 0 unspecified atom stereocenters. The fraction of sp³-hybridized carbons (Fsp3) is 0.412. The van der Waals surface area contributed by atoms with E-state index in [4.69, 9.17) is 4.98 Å². The molecule has 0 radical (unpaired) electrons. The second kappa shape index (κ2) is 7.45. The Morgan fingerprint density at radius 1 is 1.19 bits per heavy atom. The largest absolute Gasteiger partial charge is 0.368 e. The van der Waals surface area contributed by atoms with Crippen LogP contribution in [0.1, 0.15) is 23.3 Å². The van der Waals surface area contributed by atoms with E-state index in [0.717, 1.165) is 29.5 Å². The molecule has 0 saturated carbocycles. The number of hydrogen-bond acceptors (Lipinski definition) is 8. The van der Waals surface area contributed by atoms with Crippen molar-refractivity contribution in [3.63, 3.8) is 0 Å². The molecule has 2 N–H and O–H groups in total. The summed E-state index contributed by atoms with van der Waals surface area (Å²) in [5, 5.41) is 4.23. The maximum atomic E-state index is 11.7. The molecule has 0 amide bonds. The summed E-state index contributed by atoms with van der Waals surface area (Å²) < 4.78 is 25.8. The first-order chi connectivity index (χ1) is 13.1. The number of sulfonamides is 1. The molecule has 4 rings (SSSR count). The minimum Gasteiger partial charge on any atom is -0.368 e. The van der Waals surface area contributed by atoms with Crippen LogP contribution in [-0.4, -0.2) is 47.7 Å². The monoisotopic (exact) mass is 404 g/mol. The van der Waals surface area contributed by atoms with Crippen molar-refractivity contribution in [1.29, 1.82) is 0 Å². The molecule has 142 valence electrons. The normalized spacial score (nSPS) is 14.3. The lowest BCUT2D eigenvalue weighted by Gasteiger charge is -2.13. The van der Waals surface area contributed by atoms with Crippen LogP contribution in [0.15, 0.2) is 18.6 Å². The Morgan fingerprint density at radius 3 is 2.81 bits per heavy atom. The second-order valence-corrected chi connectivity index (χ2v) is 9.46. The Morgan fingerprint density at radius 2 is 2.04 bits per heavy atom. The summed E-state index contributed by atoms with van der Waals surface area (Å²) in [5.74, 6) is 1.14. The predicted molar refractivity (Wildman–Crippen MR) is 106 cm³/mol. The Hall–Kier alpha value is -2.17. The number of fused-ring (bicyclic) bond motifs is 3. The third-order valence-electron chi connectivity index (χ3n) is 4.58. The van der Waals surface area contributed by atoms with Crippen molar-refractivity contribution in [3.05, 3.63) is 29.0 Å². The van der Waals surface area contributed by atoms with Gasteiger partial charge >= 0.3 is 0 Å². The molecule has 27 heavy (non-hydrogen) atoms. The van der Waals surface area contributed by atoms with Gasteiger partial charge in [0.05, 0.1) is 17.3 Å². The first-order valence-corrected chi connectivity index (χ1v) is 11.3. The number of thiophene rings is 1. The van der Waals surface area contributed by atoms with Crippen molar-refractivity contribution in [2.24, 2.45) is 0 Å². The van der Waals surface area contributed by atoms with Gasteiger partial charge < -0.3 is 5.32 Å². The van der Waals surface area contributed by atoms with Crippen LogP contribution >= 0.6 is 11.3 Å². The Balaban J connectivity index is 1.77. The molecule has 10 heteroatoms. The van der Waals surface area contributed by atoms with Crippen LogP contribution < -0.4 is 10.0 Å². The zero-order chi connectivity index (χ0) is 18.9. The van der Waals surface area contributed by atoms with Crippen LogP contribution in [0.4, 0.5) is 5.82 Å². The maximum absolute atomic E-state index is 11.7.